The van der Waals surface area contributed by atoms with Crippen molar-refractivity contribution in [1.29, 1.82) is 0 Å². The van der Waals surface area contributed by atoms with Crippen LogP contribution in [0.5, 0.6) is 0 Å². The molecule has 0 aliphatic heterocycles. The van der Waals surface area contributed by atoms with Crippen LogP contribution >= 0.6 is 22.7 Å². The summed E-state index contributed by atoms with van der Waals surface area (Å²) in [5.74, 6) is 0. The summed E-state index contributed by atoms with van der Waals surface area (Å²) in [5.41, 5.74) is 3.80. The van der Waals surface area contributed by atoms with E-state index in [2.05, 4.69) is 29.1 Å². The number of nitrogens with zero attached hydrogens (tertiary/aromatic N) is 2. The van der Waals surface area contributed by atoms with Crippen LogP contribution in [-0.4, -0.2) is 23.1 Å². The van der Waals surface area contributed by atoms with E-state index in [1.165, 1.54) is 4.88 Å². The van der Waals surface area contributed by atoms with Crippen LogP contribution in [0, 0.1) is 0 Å². The van der Waals surface area contributed by atoms with Crippen LogP contribution in [0.15, 0.2) is 10.9 Å². The lowest BCUT2D eigenvalue weighted by Gasteiger charge is -2.07. The van der Waals surface area contributed by atoms with Crippen molar-refractivity contribution in [2.75, 3.05) is 7.11 Å². The minimum absolute atomic E-state index is 0.463. The van der Waals surface area contributed by atoms with Crippen LogP contribution in [0.3, 0.4) is 0 Å². The molecule has 0 amide bonds. The molecule has 0 fully saturated rings. The van der Waals surface area contributed by atoms with Crippen LogP contribution in [-0.2, 0) is 17.9 Å². The summed E-state index contributed by atoms with van der Waals surface area (Å²) in [5, 5.41) is 6.41. The molecule has 2 heterocycles. The van der Waals surface area contributed by atoms with Crippen molar-refractivity contribution in [1.82, 2.24) is 15.3 Å². The minimum atomic E-state index is 0.463. The van der Waals surface area contributed by atoms with Crippen molar-refractivity contribution in [3.05, 3.63) is 21.5 Å². The molecule has 0 aliphatic carbocycles. The number of rotatable bonds is 6. The van der Waals surface area contributed by atoms with Crippen molar-refractivity contribution in [3.63, 3.8) is 0 Å². The number of thiazole rings is 2. The highest BCUT2D eigenvalue weighted by molar-refractivity contribution is 7.15. The average molecular weight is 283 g/mol. The Morgan fingerprint density at radius 3 is 2.89 bits per heavy atom. The summed E-state index contributed by atoms with van der Waals surface area (Å²) >= 11 is 3.28. The van der Waals surface area contributed by atoms with Gasteiger partial charge < -0.3 is 10.1 Å². The molecule has 0 spiro atoms. The Kier molecular flexibility index (Phi) is 4.82. The molecule has 2 aromatic rings. The van der Waals surface area contributed by atoms with Crippen LogP contribution in [0.25, 0.3) is 10.7 Å². The van der Waals surface area contributed by atoms with Gasteiger partial charge in [-0.15, -0.1) is 22.7 Å². The van der Waals surface area contributed by atoms with Crippen molar-refractivity contribution in [3.8, 4) is 10.7 Å². The molecule has 98 valence electrons. The molecule has 2 aromatic heterocycles. The van der Waals surface area contributed by atoms with E-state index in [4.69, 9.17) is 4.74 Å². The number of aromatic nitrogens is 2. The normalized spacial score (nSPS) is 11.3. The fourth-order valence-corrected chi connectivity index (χ4v) is 3.09. The number of ether oxygens (including phenoxy) is 1. The number of methoxy groups -OCH3 is 1. The molecule has 0 unspecified atom stereocenters. The van der Waals surface area contributed by atoms with Gasteiger partial charge in [-0.2, -0.15) is 0 Å². The van der Waals surface area contributed by atoms with Crippen LogP contribution in [0.4, 0.5) is 0 Å². The Morgan fingerprint density at radius 2 is 2.28 bits per heavy atom. The lowest BCUT2D eigenvalue weighted by Crippen LogP contribution is -2.21. The summed E-state index contributed by atoms with van der Waals surface area (Å²) in [6.45, 7) is 5.66. The zero-order chi connectivity index (χ0) is 13.0. The third-order valence-electron chi connectivity index (χ3n) is 2.38. The zero-order valence-corrected chi connectivity index (χ0v) is 12.4. The molecule has 0 saturated heterocycles. The number of hydrogen-bond acceptors (Lipinski definition) is 6. The first-order chi connectivity index (χ1) is 8.70. The third-order valence-corrected chi connectivity index (χ3v) is 4.09. The van der Waals surface area contributed by atoms with Crippen LogP contribution in [0.2, 0.25) is 0 Å². The molecule has 18 heavy (non-hydrogen) atoms. The highest BCUT2D eigenvalue weighted by Crippen LogP contribution is 2.28. The maximum absolute atomic E-state index is 5.20. The molecule has 0 atom stereocenters. The summed E-state index contributed by atoms with van der Waals surface area (Å²) in [7, 11) is 1.70. The Hall–Kier alpha value is -0.820. The lowest BCUT2D eigenvalue weighted by atomic mass is 10.3. The topological polar surface area (TPSA) is 47.0 Å². The second-order valence-corrected chi connectivity index (χ2v) is 6.03. The molecule has 6 heteroatoms. The lowest BCUT2D eigenvalue weighted by molar-refractivity contribution is 0.181. The van der Waals surface area contributed by atoms with Gasteiger partial charge >= 0.3 is 0 Å². The molecule has 0 radical (unpaired) electrons. The van der Waals surface area contributed by atoms with E-state index in [9.17, 15) is 0 Å². The van der Waals surface area contributed by atoms with Gasteiger partial charge in [0.05, 0.1) is 17.8 Å². The van der Waals surface area contributed by atoms with E-state index < -0.39 is 0 Å². The van der Waals surface area contributed by atoms with Crippen LogP contribution in [0.1, 0.15) is 24.4 Å². The first kappa shape index (κ1) is 13.6. The zero-order valence-electron chi connectivity index (χ0n) is 10.8. The Balaban J connectivity index is 2.21. The predicted molar refractivity (Wildman–Crippen MR) is 75.9 cm³/mol. The van der Waals surface area contributed by atoms with E-state index in [1.54, 1.807) is 29.8 Å². The van der Waals surface area contributed by atoms with Gasteiger partial charge in [0.15, 0.2) is 0 Å². The quantitative estimate of drug-likeness (QED) is 0.885. The third kappa shape index (κ3) is 3.35. The minimum Gasteiger partial charge on any atom is -0.378 e. The Labute approximate surface area is 115 Å². The first-order valence-electron chi connectivity index (χ1n) is 5.80. The highest BCUT2D eigenvalue weighted by Gasteiger charge is 2.13. The van der Waals surface area contributed by atoms with E-state index in [0.717, 1.165) is 22.9 Å². The largest absolute Gasteiger partial charge is 0.378 e. The van der Waals surface area contributed by atoms with Gasteiger partial charge in [0.25, 0.3) is 0 Å². The van der Waals surface area contributed by atoms with Gasteiger partial charge in [0, 0.05) is 30.0 Å². The van der Waals surface area contributed by atoms with Crippen molar-refractivity contribution in [2.24, 2.45) is 0 Å². The first-order valence-corrected chi connectivity index (χ1v) is 7.56. The smallest absolute Gasteiger partial charge is 0.143 e. The average Bonchev–Trinajstić information content (AvgIpc) is 2.95. The molecular weight excluding hydrogens is 266 g/mol. The van der Waals surface area contributed by atoms with Gasteiger partial charge in [0.2, 0.25) is 0 Å². The standard InChI is InChI=1S/C12H17N3OS2/c1-8(2)13-4-11-9(5-16-3)15-12(18-11)10-6-17-7-14-10/h6-8,13H,4-5H2,1-3H3. The van der Waals surface area contributed by atoms with E-state index >= 15 is 0 Å². The maximum Gasteiger partial charge on any atom is 0.143 e. The van der Waals surface area contributed by atoms with E-state index in [1.807, 2.05) is 10.9 Å². The van der Waals surface area contributed by atoms with Crippen molar-refractivity contribution in [2.45, 2.75) is 33.0 Å². The SMILES string of the molecule is COCc1nc(-c2cscn2)sc1CNC(C)C. The summed E-state index contributed by atoms with van der Waals surface area (Å²) in [6, 6.07) is 0.463. The number of nitrogens with one attached hydrogen (secondary N) is 1. The fourth-order valence-electron chi connectivity index (χ4n) is 1.50. The molecule has 0 saturated carbocycles. The van der Waals surface area contributed by atoms with Crippen molar-refractivity contribution >= 4 is 22.7 Å². The van der Waals surface area contributed by atoms with Crippen LogP contribution < -0.4 is 5.32 Å². The van der Waals surface area contributed by atoms with Gasteiger partial charge in [0.1, 0.15) is 10.7 Å². The van der Waals surface area contributed by atoms with Gasteiger partial charge in [-0.25, -0.2) is 9.97 Å². The monoisotopic (exact) mass is 283 g/mol. The predicted octanol–water partition coefficient (Wildman–Crippen LogP) is 2.91. The molecule has 0 aliphatic rings. The van der Waals surface area contributed by atoms with Gasteiger partial charge in [-0.1, -0.05) is 13.8 Å². The Bertz CT molecular complexity index is 479. The molecule has 4 nitrogen and oxygen atoms in total. The summed E-state index contributed by atoms with van der Waals surface area (Å²) in [4.78, 5) is 10.1. The van der Waals surface area contributed by atoms with Crippen molar-refractivity contribution < 1.29 is 4.74 Å². The maximum atomic E-state index is 5.20. The Morgan fingerprint density at radius 1 is 1.44 bits per heavy atom. The highest BCUT2D eigenvalue weighted by atomic mass is 32.1. The molecule has 0 aromatic carbocycles. The summed E-state index contributed by atoms with van der Waals surface area (Å²) < 4.78 is 5.20. The second kappa shape index (κ2) is 6.38. The van der Waals surface area contributed by atoms with Gasteiger partial charge in [-0.3, -0.25) is 0 Å². The van der Waals surface area contributed by atoms with Gasteiger partial charge in [-0.05, 0) is 0 Å². The number of hydrogen-bond donors (Lipinski definition) is 1. The molecular formula is C12H17N3OS2. The fraction of sp³-hybridized carbons (Fsp3) is 0.500. The van der Waals surface area contributed by atoms with E-state index in [-0.39, 0.29) is 0 Å². The molecule has 2 rings (SSSR count). The van der Waals surface area contributed by atoms with E-state index in [0.29, 0.717) is 12.6 Å². The second-order valence-electron chi connectivity index (χ2n) is 4.23. The molecule has 0 bridgehead atoms. The summed E-state index contributed by atoms with van der Waals surface area (Å²) in [6.07, 6.45) is 0. The molecule has 1 N–H and O–H groups in total.